The van der Waals surface area contributed by atoms with E-state index < -0.39 is 13.7 Å². The van der Waals surface area contributed by atoms with Crippen LogP contribution < -0.4 is 0 Å². The van der Waals surface area contributed by atoms with E-state index in [1.165, 1.54) is 5.56 Å². The summed E-state index contributed by atoms with van der Waals surface area (Å²) < 4.78 is 31.2. The molecule has 1 aliphatic carbocycles. The molecule has 0 amide bonds. The van der Waals surface area contributed by atoms with Crippen LogP contribution >= 0.6 is 0 Å². The smallest absolute Gasteiger partial charge is 0.311 e. The molecular weight excluding hydrogens is 484 g/mol. The summed E-state index contributed by atoms with van der Waals surface area (Å²) in [6.07, 6.45) is 0.740. The molecule has 0 bridgehead atoms. The Morgan fingerprint density at radius 1 is 0.973 bits per heavy atom. The number of rotatable bonds is 9. The van der Waals surface area contributed by atoms with Crippen molar-refractivity contribution in [2.75, 3.05) is 27.1 Å². The Kier molecular flexibility index (Phi) is 9.39. The van der Waals surface area contributed by atoms with Crippen molar-refractivity contribution in [3.8, 4) is 0 Å². The van der Waals surface area contributed by atoms with Crippen LogP contribution in [0.1, 0.15) is 74.3 Å². The van der Waals surface area contributed by atoms with Crippen LogP contribution in [0, 0.1) is 17.3 Å². The Balaban J connectivity index is 1.96. The van der Waals surface area contributed by atoms with Crippen molar-refractivity contribution < 1.29 is 28.2 Å². The first kappa shape index (κ1) is 30.3. The van der Waals surface area contributed by atoms with E-state index in [1.807, 2.05) is 39.0 Å². The lowest BCUT2D eigenvalue weighted by Gasteiger charge is -2.52. The minimum absolute atomic E-state index is 0.00805. The van der Waals surface area contributed by atoms with Crippen LogP contribution in [0.25, 0.3) is 0 Å². The molecule has 1 unspecified atom stereocenters. The fraction of sp³-hybridized carbons (Fsp3) is 0.767. The highest BCUT2D eigenvalue weighted by molar-refractivity contribution is 6.81. The number of benzene rings is 1. The third kappa shape index (κ3) is 6.33. The number of methoxy groups -OCH3 is 1. The Bertz CT molecular complexity index is 868. The molecule has 6 nitrogen and oxygen atoms in total. The van der Waals surface area contributed by atoms with Gasteiger partial charge in [0.1, 0.15) is 6.79 Å². The Morgan fingerprint density at radius 3 is 2.14 bits per heavy atom. The standard InChI is InChI=1S/C30H50O6Si/c1-28(2,3)27(31)34-18-22-23(35-20-32-10)16-24-26(22)25(19-33-17-21-14-12-11-13-15-21)37(36-24,29(4,5)6)30(7,8)9/h11-15,22-26H,16-20H2,1-10H3/t22?,23-,24+,25-,26-/m0/s1. The van der Waals surface area contributed by atoms with Crippen LogP contribution in [-0.4, -0.2) is 53.6 Å². The Morgan fingerprint density at radius 2 is 1.59 bits per heavy atom. The van der Waals surface area contributed by atoms with E-state index >= 15 is 0 Å². The van der Waals surface area contributed by atoms with Gasteiger partial charge in [-0.25, -0.2) is 0 Å². The third-order valence-corrected chi connectivity index (χ3v) is 15.0. The maximum absolute atomic E-state index is 12.8. The molecule has 0 aromatic heterocycles. The van der Waals surface area contributed by atoms with Crippen LogP contribution in [0.2, 0.25) is 15.6 Å². The minimum Gasteiger partial charge on any atom is -0.465 e. The molecule has 2 fully saturated rings. The van der Waals surface area contributed by atoms with Crippen molar-refractivity contribution in [1.29, 1.82) is 0 Å². The highest BCUT2D eigenvalue weighted by atomic mass is 28.4. The van der Waals surface area contributed by atoms with Gasteiger partial charge in [0.2, 0.25) is 8.32 Å². The first-order valence-electron chi connectivity index (χ1n) is 13.7. The molecule has 1 aliphatic heterocycles. The highest BCUT2D eigenvalue weighted by Gasteiger charge is 2.70. The summed E-state index contributed by atoms with van der Waals surface area (Å²) in [7, 11) is -0.810. The number of carbonyl (C=O) groups excluding carboxylic acids is 1. The van der Waals surface area contributed by atoms with E-state index in [-0.39, 0.29) is 52.4 Å². The van der Waals surface area contributed by atoms with Gasteiger partial charge in [-0.15, -0.1) is 0 Å². The van der Waals surface area contributed by atoms with Crippen molar-refractivity contribution in [2.45, 2.75) is 103 Å². The van der Waals surface area contributed by atoms with E-state index in [0.717, 1.165) is 6.42 Å². The maximum atomic E-state index is 12.8. The molecule has 1 heterocycles. The summed E-state index contributed by atoms with van der Waals surface area (Å²) in [6.45, 7) is 21.4. The summed E-state index contributed by atoms with van der Waals surface area (Å²) in [4.78, 5) is 12.8. The quantitative estimate of drug-likeness (QED) is 0.199. The van der Waals surface area contributed by atoms with Crippen molar-refractivity contribution in [3.63, 3.8) is 0 Å². The van der Waals surface area contributed by atoms with Crippen molar-refractivity contribution in [3.05, 3.63) is 35.9 Å². The predicted octanol–water partition coefficient (Wildman–Crippen LogP) is 6.73. The molecule has 1 saturated carbocycles. The molecule has 2 aliphatic rings. The summed E-state index contributed by atoms with van der Waals surface area (Å²) in [5.41, 5.74) is 0.844. The molecule has 210 valence electrons. The topological polar surface area (TPSA) is 63.2 Å². The molecule has 0 radical (unpaired) electrons. The first-order valence-corrected chi connectivity index (χ1v) is 15.7. The van der Waals surface area contributed by atoms with Crippen LogP contribution in [0.15, 0.2) is 30.3 Å². The molecule has 1 aromatic rings. The summed E-state index contributed by atoms with van der Waals surface area (Å²) in [6, 6.07) is 10.3. The zero-order valence-electron chi connectivity index (χ0n) is 24.8. The zero-order chi connectivity index (χ0) is 27.6. The summed E-state index contributed by atoms with van der Waals surface area (Å²) in [5.74, 6) is 0.0266. The maximum Gasteiger partial charge on any atom is 0.311 e. The van der Waals surface area contributed by atoms with Gasteiger partial charge < -0.3 is 23.4 Å². The van der Waals surface area contributed by atoms with Crippen molar-refractivity contribution in [1.82, 2.24) is 0 Å². The number of fused-ring (bicyclic) bond motifs is 1. The fourth-order valence-electron chi connectivity index (χ4n) is 7.02. The van der Waals surface area contributed by atoms with Crippen LogP contribution in [-0.2, 0) is 34.8 Å². The molecule has 37 heavy (non-hydrogen) atoms. The number of carbonyl (C=O) groups is 1. The molecule has 1 saturated heterocycles. The Labute approximate surface area is 225 Å². The Hall–Kier alpha value is -1.25. The van der Waals surface area contributed by atoms with Gasteiger partial charge in [-0.3, -0.25) is 4.79 Å². The predicted molar refractivity (Wildman–Crippen MR) is 149 cm³/mol. The highest BCUT2D eigenvalue weighted by Crippen LogP contribution is 2.67. The van der Waals surface area contributed by atoms with Gasteiger partial charge >= 0.3 is 5.97 Å². The monoisotopic (exact) mass is 534 g/mol. The van der Waals surface area contributed by atoms with E-state index in [9.17, 15) is 4.79 Å². The number of esters is 1. The second-order valence-electron chi connectivity index (χ2n) is 13.9. The second-order valence-corrected chi connectivity index (χ2v) is 19.4. The number of hydrogen-bond donors (Lipinski definition) is 0. The van der Waals surface area contributed by atoms with E-state index in [2.05, 4.69) is 53.7 Å². The van der Waals surface area contributed by atoms with Gasteiger partial charge in [-0.1, -0.05) is 71.9 Å². The van der Waals surface area contributed by atoms with Crippen LogP contribution in [0.5, 0.6) is 0 Å². The van der Waals surface area contributed by atoms with Crippen LogP contribution in [0.4, 0.5) is 0 Å². The van der Waals surface area contributed by atoms with E-state index in [4.69, 9.17) is 23.4 Å². The molecular formula is C30H50O6Si. The molecule has 3 rings (SSSR count). The molecule has 7 heteroatoms. The van der Waals surface area contributed by atoms with Crippen molar-refractivity contribution in [2.24, 2.45) is 17.3 Å². The lowest BCUT2D eigenvalue weighted by atomic mass is 9.90. The van der Waals surface area contributed by atoms with E-state index in [1.54, 1.807) is 7.11 Å². The first-order chi connectivity index (χ1) is 17.1. The largest absolute Gasteiger partial charge is 0.465 e. The normalized spacial score (nSPS) is 27.8. The van der Waals surface area contributed by atoms with Gasteiger partial charge in [0.05, 0.1) is 37.4 Å². The average molecular weight is 535 g/mol. The van der Waals surface area contributed by atoms with Crippen LogP contribution in [0.3, 0.4) is 0 Å². The second kappa shape index (κ2) is 11.5. The van der Waals surface area contributed by atoms with Gasteiger partial charge in [-0.2, -0.15) is 0 Å². The molecule has 0 spiro atoms. The average Bonchev–Trinajstić information content (AvgIpc) is 3.29. The summed E-state index contributed by atoms with van der Waals surface area (Å²) >= 11 is 0. The molecule has 1 aromatic carbocycles. The lowest BCUT2D eigenvalue weighted by molar-refractivity contribution is -0.158. The van der Waals surface area contributed by atoms with Gasteiger partial charge in [0, 0.05) is 18.6 Å². The zero-order valence-corrected chi connectivity index (χ0v) is 25.8. The SMILES string of the molecule is COCO[C@H]1C[C@H]2O[Si](C(C)(C)C)(C(C)(C)C)[C@@H](COCc3ccccc3)[C@H]2C1COC(=O)C(C)(C)C. The molecule has 0 N–H and O–H groups in total. The van der Waals surface area contributed by atoms with Crippen molar-refractivity contribution >= 4 is 14.3 Å². The van der Waals surface area contributed by atoms with Gasteiger partial charge in [-0.05, 0) is 48.7 Å². The minimum atomic E-state index is -2.45. The summed E-state index contributed by atoms with van der Waals surface area (Å²) in [5, 5.41) is -0.0161. The number of ether oxygens (including phenoxy) is 4. The fourth-order valence-corrected chi connectivity index (χ4v) is 14.5. The third-order valence-electron chi connectivity index (χ3n) is 8.25. The van der Waals surface area contributed by atoms with Gasteiger partial charge in [0.15, 0.2) is 0 Å². The lowest BCUT2D eigenvalue weighted by Crippen LogP contribution is -2.57. The van der Waals surface area contributed by atoms with Gasteiger partial charge in [0.25, 0.3) is 0 Å². The number of hydrogen-bond acceptors (Lipinski definition) is 6. The molecule has 5 atom stereocenters. The van der Waals surface area contributed by atoms with E-state index in [0.29, 0.717) is 19.8 Å².